The van der Waals surface area contributed by atoms with Gasteiger partial charge >= 0.3 is 0 Å². The van der Waals surface area contributed by atoms with E-state index in [1.807, 2.05) is 6.33 Å². The van der Waals surface area contributed by atoms with Crippen LogP contribution in [0.5, 0.6) is 0 Å². The fraction of sp³-hybridized carbons (Fsp3) is 0.0952. The number of fused-ring (bicyclic) bond motifs is 2. The molecule has 1 N–H and O–H groups in total. The lowest BCUT2D eigenvalue weighted by molar-refractivity contribution is 0.797. The van der Waals surface area contributed by atoms with Gasteiger partial charge in [0.1, 0.15) is 5.03 Å². The summed E-state index contributed by atoms with van der Waals surface area (Å²) in [4.78, 5) is 14.5. The minimum Gasteiger partial charge on any atom is -0.337 e. The number of hydrogen-bond donors (Lipinski definition) is 1. The second-order valence-electron chi connectivity index (χ2n) is 6.56. The van der Waals surface area contributed by atoms with Crippen molar-refractivity contribution in [3.05, 3.63) is 78.5 Å². The molecule has 0 unspecified atom stereocenters. The largest absolute Gasteiger partial charge is 0.337 e. The summed E-state index contributed by atoms with van der Waals surface area (Å²) in [5.41, 5.74) is 5.67. The first-order chi connectivity index (χ1) is 13.2. The number of nitrogens with one attached hydrogen (secondary N) is 1. The Morgan fingerprint density at radius 1 is 1.00 bits per heavy atom. The summed E-state index contributed by atoms with van der Waals surface area (Å²) in [6.45, 7) is 2.86. The second-order valence-corrected chi connectivity index (χ2v) is 7.60. The molecule has 6 heteroatoms. The van der Waals surface area contributed by atoms with E-state index in [1.54, 1.807) is 24.2 Å². The Hall–Kier alpha value is -3.12. The van der Waals surface area contributed by atoms with Crippen molar-refractivity contribution < 1.29 is 0 Å². The van der Waals surface area contributed by atoms with Crippen LogP contribution in [0.2, 0.25) is 0 Å². The molecule has 0 amide bonds. The molecular weight excluding hydrogens is 354 g/mol. The predicted molar refractivity (Wildman–Crippen MR) is 107 cm³/mol. The van der Waals surface area contributed by atoms with E-state index in [1.165, 1.54) is 11.1 Å². The number of anilines is 2. The third kappa shape index (κ3) is 3.19. The average Bonchev–Trinajstić information content (AvgIpc) is 3.15. The number of nitrogens with zero attached hydrogens (tertiary/aromatic N) is 4. The fourth-order valence-electron chi connectivity index (χ4n) is 3.11. The van der Waals surface area contributed by atoms with Gasteiger partial charge in [0.2, 0.25) is 0 Å². The van der Waals surface area contributed by atoms with Crippen LogP contribution >= 0.6 is 11.8 Å². The SMILES string of the molecule is Cc1ccc(-c2cn(Cc3ccc4c(c3)Nc3nccnc3S4)cn2)cc1. The van der Waals surface area contributed by atoms with E-state index in [0.29, 0.717) is 0 Å². The molecule has 0 aliphatic carbocycles. The van der Waals surface area contributed by atoms with Crippen LogP contribution in [0, 0.1) is 6.92 Å². The van der Waals surface area contributed by atoms with Crippen LogP contribution in [0.1, 0.15) is 11.1 Å². The molecule has 4 aromatic rings. The molecule has 1 aliphatic heterocycles. The van der Waals surface area contributed by atoms with Gasteiger partial charge in [0.25, 0.3) is 0 Å². The topological polar surface area (TPSA) is 55.6 Å². The monoisotopic (exact) mass is 371 g/mol. The molecule has 2 aromatic heterocycles. The van der Waals surface area contributed by atoms with Crippen molar-refractivity contribution >= 4 is 23.3 Å². The van der Waals surface area contributed by atoms with Gasteiger partial charge in [0.15, 0.2) is 5.82 Å². The van der Waals surface area contributed by atoms with Crippen molar-refractivity contribution in [3.63, 3.8) is 0 Å². The van der Waals surface area contributed by atoms with Crippen molar-refractivity contribution in [1.82, 2.24) is 19.5 Å². The van der Waals surface area contributed by atoms with E-state index in [9.17, 15) is 0 Å². The zero-order valence-electron chi connectivity index (χ0n) is 14.8. The highest BCUT2D eigenvalue weighted by molar-refractivity contribution is 7.99. The van der Waals surface area contributed by atoms with Gasteiger partial charge < -0.3 is 9.88 Å². The molecule has 0 saturated heterocycles. The average molecular weight is 371 g/mol. The van der Waals surface area contributed by atoms with E-state index in [2.05, 4.69) is 80.4 Å². The lowest BCUT2D eigenvalue weighted by Gasteiger charge is -2.19. The smallest absolute Gasteiger partial charge is 0.163 e. The van der Waals surface area contributed by atoms with Gasteiger partial charge in [-0.1, -0.05) is 47.7 Å². The molecular formula is C21H17N5S. The highest BCUT2D eigenvalue weighted by Gasteiger charge is 2.17. The van der Waals surface area contributed by atoms with E-state index < -0.39 is 0 Å². The van der Waals surface area contributed by atoms with Crippen molar-refractivity contribution in [3.8, 4) is 11.3 Å². The van der Waals surface area contributed by atoms with Crippen molar-refractivity contribution in [2.45, 2.75) is 23.4 Å². The standard InChI is InChI=1S/C21H17N5S/c1-14-2-5-16(6-3-14)18-12-26(13-24-18)11-15-4-7-19-17(10-15)25-20-21(27-19)23-9-8-22-20/h2-10,12-13H,11H2,1H3,(H,22,25). The third-order valence-corrected chi connectivity index (χ3v) is 5.58. The molecule has 132 valence electrons. The molecule has 0 spiro atoms. The van der Waals surface area contributed by atoms with Crippen LogP contribution in [0.25, 0.3) is 11.3 Å². The lowest BCUT2D eigenvalue weighted by Crippen LogP contribution is -2.05. The van der Waals surface area contributed by atoms with Gasteiger partial charge in [-0.15, -0.1) is 0 Å². The maximum absolute atomic E-state index is 4.55. The van der Waals surface area contributed by atoms with E-state index in [4.69, 9.17) is 0 Å². The van der Waals surface area contributed by atoms with Crippen molar-refractivity contribution in [2.24, 2.45) is 0 Å². The normalized spacial score (nSPS) is 12.2. The molecule has 27 heavy (non-hydrogen) atoms. The molecule has 1 aliphatic rings. The second kappa shape index (κ2) is 6.55. The quantitative estimate of drug-likeness (QED) is 0.489. The first kappa shape index (κ1) is 16.1. The Labute approximate surface area is 161 Å². The summed E-state index contributed by atoms with van der Waals surface area (Å²) in [6.07, 6.45) is 7.40. The van der Waals surface area contributed by atoms with Crippen LogP contribution in [-0.2, 0) is 6.54 Å². The zero-order valence-corrected chi connectivity index (χ0v) is 15.6. The molecule has 0 saturated carbocycles. The highest BCUT2D eigenvalue weighted by atomic mass is 32.2. The Kier molecular flexibility index (Phi) is 3.90. The van der Waals surface area contributed by atoms with Gasteiger partial charge in [-0.05, 0) is 24.6 Å². The van der Waals surface area contributed by atoms with Gasteiger partial charge in [-0.2, -0.15) is 0 Å². The summed E-state index contributed by atoms with van der Waals surface area (Å²) in [5.74, 6) is 0.816. The first-order valence-electron chi connectivity index (χ1n) is 8.72. The van der Waals surface area contributed by atoms with Crippen LogP contribution in [-0.4, -0.2) is 19.5 Å². The van der Waals surface area contributed by atoms with E-state index in [0.717, 1.165) is 39.2 Å². The summed E-state index contributed by atoms with van der Waals surface area (Å²) in [7, 11) is 0. The first-order valence-corrected chi connectivity index (χ1v) is 9.54. The maximum atomic E-state index is 4.55. The lowest BCUT2D eigenvalue weighted by atomic mass is 10.1. The number of aromatic nitrogens is 4. The van der Waals surface area contributed by atoms with Crippen LogP contribution in [0.4, 0.5) is 11.5 Å². The van der Waals surface area contributed by atoms with Crippen LogP contribution in [0.15, 0.2) is 77.3 Å². The number of benzene rings is 2. The summed E-state index contributed by atoms with van der Waals surface area (Å²) in [6, 6.07) is 14.9. The van der Waals surface area contributed by atoms with Crippen LogP contribution < -0.4 is 5.32 Å². The third-order valence-electron chi connectivity index (χ3n) is 4.51. The number of rotatable bonds is 3. The molecule has 0 fully saturated rings. The molecule has 3 heterocycles. The maximum Gasteiger partial charge on any atom is 0.163 e. The summed E-state index contributed by atoms with van der Waals surface area (Å²) >= 11 is 1.64. The number of imidazole rings is 1. The van der Waals surface area contributed by atoms with Crippen LogP contribution in [0.3, 0.4) is 0 Å². The van der Waals surface area contributed by atoms with E-state index in [-0.39, 0.29) is 0 Å². The number of aryl methyl sites for hydroxylation is 1. The predicted octanol–water partition coefficient (Wildman–Crippen LogP) is 4.91. The molecule has 0 atom stereocenters. The van der Waals surface area contributed by atoms with Gasteiger partial charge in [0.05, 0.1) is 17.7 Å². The van der Waals surface area contributed by atoms with Crippen molar-refractivity contribution in [2.75, 3.05) is 5.32 Å². The molecule has 5 rings (SSSR count). The van der Waals surface area contributed by atoms with Crippen molar-refractivity contribution in [1.29, 1.82) is 0 Å². The molecule has 0 radical (unpaired) electrons. The van der Waals surface area contributed by atoms with Gasteiger partial charge in [-0.25, -0.2) is 15.0 Å². The molecule has 5 nitrogen and oxygen atoms in total. The van der Waals surface area contributed by atoms with Gasteiger partial charge in [-0.3, -0.25) is 0 Å². The minimum atomic E-state index is 0.770. The highest BCUT2D eigenvalue weighted by Crippen LogP contribution is 2.42. The minimum absolute atomic E-state index is 0.770. The summed E-state index contributed by atoms with van der Waals surface area (Å²) < 4.78 is 2.11. The Morgan fingerprint density at radius 2 is 1.85 bits per heavy atom. The van der Waals surface area contributed by atoms with E-state index >= 15 is 0 Å². The molecule has 2 aromatic carbocycles. The Morgan fingerprint density at radius 3 is 2.74 bits per heavy atom. The summed E-state index contributed by atoms with van der Waals surface area (Å²) in [5, 5.41) is 4.30. The van der Waals surface area contributed by atoms with Gasteiger partial charge in [0, 0.05) is 35.6 Å². The Balaban J connectivity index is 1.37. The Bertz CT molecular complexity index is 1120. The number of hydrogen-bond acceptors (Lipinski definition) is 5. The fourth-order valence-corrected chi connectivity index (χ4v) is 3.99. The molecule has 0 bridgehead atoms. The zero-order chi connectivity index (χ0) is 18.2.